The number of pyridine rings is 1. The molecule has 2 atom stereocenters. The van der Waals surface area contributed by atoms with Crippen LogP contribution in [0.2, 0.25) is 0 Å². The highest BCUT2D eigenvalue weighted by Crippen LogP contribution is 2.68. The highest BCUT2D eigenvalue weighted by atomic mass is 16.3. The predicted molar refractivity (Wildman–Crippen MR) is 188 cm³/mol. The van der Waals surface area contributed by atoms with Gasteiger partial charge in [0.15, 0.2) is 0 Å². The summed E-state index contributed by atoms with van der Waals surface area (Å²) < 4.78 is 9.56. The molecule has 45 heavy (non-hydrogen) atoms. The zero-order chi connectivity index (χ0) is 31.7. The Bertz CT molecular complexity index is 1980. The monoisotopic (exact) mass is 596 g/mol. The Morgan fingerprint density at radius 3 is 2.13 bits per heavy atom. The molecule has 0 radical (unpaired) electrons. The minimum atomic E-state index is -0.177. The van der Waals surface area contributed by atoms with E-state index >= 15 is 0 Å². The first-order valence-electron chi connectivity index (χ1n) is 17.6. The van der Waals surface area contributed by atoms with Crippen LogP contribution in [0.5, 0.6) is 0 Å². The SMILES string of the molecule is CC(C)Cc1ccc2c(ccc3[n+]2C2(c4ccc5c(c4-3)C(C)(C)c3c-5oc4ccccc34)C(C(C)C)C(C(C)C)C2C(C)C)c1. The van der Waals surface area contributed by atoms with Crippen molar-refractivity contribution in [1.29, 1.82) is 0 Å². The second-order valence-corrected chi connectivity index (χ2v) is 16.6. The number of hydrogen-bond donors (Lipinski definition) is 0. The summed E-state index contributed by atoms with van der Waals surface area (Å²) in [7, 11) is 0. The topological polar surface area (TPSA) is 17.0 Å². The molecule has 0 N–H and O–H groups in total. The molecule has 5 aromatic rings. The number of benzene rings is 3. The van der Waals surface area contributed by atoms with Gasteiger partial charge in [-0.05, 0) is 65.3 Å². The molecule has 2 aliphatic carbocycles. The second-order valence-electron chi connectivity index (χ2n) is 16.6. The minimum absolute atomic E-state index is 0.0854. The number of furan rings is 1. The third-order valence-corrected chi connectivity index (χ3v) is 12.0. The van der Waals surface area contributed by atoms with Gasteiger partial charge in [-0.2, -0.15) is 4.57 Å². The summed E-state index contributed by atoms with van der Waals surface area (Å²) in [6.07, 6.45) is 1.11. The van der Waals surface area contributed by atoms with Crippen LogP contribution in [-0.2, 0) is 17.4 Å². The van der Waals surface area contributed by atoms with Crippen LogP contribution in [-0.4, -0.2) is 0 Å². The lowest BCUT2D eigenvalue weighted by atomic mass is 9.41. The van der Waals surface area contributed by atoms with Gasteiger partial charge in [-0.25, -0.2) is 0 Å². The molecule has 2 aromatic heterocycles. The lowest BCUT2D eigenvalue weighted by molar-refractivity contribution is -0.757. The van der Waals surface area contributed by atoms with Crippen LogP contribution in [0, 0.1) is 41.4 Å². The van der Waals surface area contributed by atoms with E-state index in [1.54, 1.807) is 5.56 Å². The first-order valence-corrected chi connectivity index (χ1v) is 17.6. The fraction of sp³-hybridized carbons (Fsp3) is 0.465. The molecule has 8 rings (SSSR count). The van der Waals surface area contributed by atoms with Crippen LogP contribution in [0.4, 0.5) is 0 Å². The molecule has 0 bridgehead atoms. The Balaban J connectivity index is 1.49. The quantitative estimate of drug-likeness (QED) is 0.184. The van der Waals surface area contributed by atoms with E-state index in [1.807, 2.05) is 0 Å². The normalized spacial score (nSPS) is 24.3. The average Bonchev–Trinajstić information content (AvgIpc) is 3.56. The highest BCUT2D eigenvalue weighted by Gasteiger charge is 2.75. The van der Waals surface area contributed by atoms with Crippen LogP contribution in [0.3, 0.4) is 0 Å². The molecule has 0 saturated heterocycles. The molecular formula is C43H50NO+. The molecule has 2 heteroatoms. The van der Waals surface area contributed by atoms with E-state index in [0.717, 1.165) is 17.8 Å². The largest absolute Gasteiger partial charge is 0.456 e. The lowest BCUT2D eigenvalue weighted by Crippen LogP contribution is -2.77. The van der Waals surface area contributed by atoms with Crippen LogP contribution in [0.15, 0.2) is 71.1 Å². The van der Waals surface area contributed by atoms with E-state index in [-0.39, 0.29) is 11.0 Å². The number of fused-ring (bicyclic) bond motifs is 13. The zero-order valence-corrected chi connectivity index (χ0v) is 29.0. The maximum atomic E-state index is 6.69. The second kappa shape index (κ2) is 9.57. The smallest absolute Gasteiger partial charge is 0.214 e. The summed E-state index contributed by atoms with van der Waals surface area (Å²) in [5.41, 5.74) is 12.1. The fourth-order valence-electron chi connectivity index (χ4n) is 11.0. The molecule has 0 amide bonds. The summed E-state index contributed by atoms with van der Waals surface area (Å²) >= 11 is 0. The van der Waals surface area contributed by atoms with Gasteiger partial charge in [0.1, 0.15) is 11.3 Å². The van der Waals surface area contributed by atoms with Gasteiger partial charge in [0.25, 0.3) is 0 Å². The Labute approximate surface area is 269 Å². The minimum Gasteiger partial charge on any atom is -0.456 e. The summed E-state index contributed by atoms with van der Waals surface area (Å²) in [6, 6.07) is 25.8. The van der Waals surface area contributed by atoms with Crippen LogP contribution in [0.1, 0.15) is 91.5 Å². The van der Waals surface area contributed by atoms with Gasteiger partial charge in [-0.3, -0.25) is 0 Å². The maximum absolute atomic E-state index is 6.69. The van der Waals surface area contributed by atoms with Crippen LogP contribution in [0.25, 0.3) is 44.5 Å². The number of rotatable bonds is 5. The van der Waals surface area contributed by atoms with Gasteiger partial charge in [0.2, 0.25) is 16.7 Å². The van der Waals surface area contributed by atoms with Gasteiger partial charge >= 0.3 is 0 Å². The predicted octanol–water partition coefficient (Wildman–Crippen LogP) is 10.9. The first kappa shape index (κ1) is 29.0. The Morgan fingerprint density at radius 2 is 1.47 bits per heavy atom. The standard InChI is InChI=1S/C43H50NO/c1-23(2)21-27-15-19-32-28(22-27)16-20-33-36-31(43(44(32)33)37(25(5)6)35(24(3)4)38(43)26(7)8)18-17-30-39(36)42(9,10)40-29-13-11-12-14-34(29)45-41(30)40/h11-20,22-26,35,37-38H,21H2,1-10H3/q+1. The van der Waals surface area contributed by atoms with Crippen molar-refractivity contribution in [1.82, 2.24) is 0 Å². The Morgan fingerprint density at radius 1 is 0.756 bits per heavy atom. The number of para-hydroxylation sites is 1. The van der Waals surface area contributed by atoms with Crippen molar-refractivity contribution >= 4 is 21.9 Å². The van der Waals surface area contributed by atoms with Crippen molar-refractivity contribution in [3.63, 3.8) is 0 Å². The van der Waals surface area contributed by atoms with Crippen molar-refractivity contribution in [3.8, 4) is 22.6 Å². The van der Waals surface area contributed by atoms with Gasteiger partial charge in [-0.1, -0.05) is 106 Å². The van der Waals surface area contributed by atoms with Gasteiger partial charge < -0.3 is 4.42 Å². The van der Waals surface area contributed by atoms with E-state index in [1.165, 1.54) is 49.8 Å². The van der Waals surface area contributed by atoms with Gasteiger partial charge in [-0.15, -0.1) is 0 Å². The van der Waals surface area contributed by atoms with Crippen molar-refractivity contribution in [2.45, 2.75) is 86.6 Å². The molecule has 1 saturated carbocycles. The van der Waals surface area contributed by atoms with E-state index in [4.69, 9.17) is 4.42 Å². The molecule has 3 heterocycles. The van der Waals surface area contributed by atoms with Gasteiger partial charge in [0, 0.05) is 56.8 Å². The highest BCUT2D eigenvalue weighted by molar-refractivity contribution is 5.98. The molecule has 1 spiro atoms. The summed E-state index contributed by atoms with van der Waals surface area (Å²) in [6.45, 7) is 24.4. The first-order chi connectivity index (χ1) is 21.4. The van der Waals surface area contributed by atoms with E-state index in [2.05, 4.69) is 141 Å². The number of aromatic nitrogens is 1. The molecular weight excluding hydrogens is 546 g/mol. The summed E-state index contributed by atoms with van der Waals surface area (Å²) in [5, 5.41) is 2.62. The molecule has 1 fully saturated rings. The number of nitrogens with zero attached hydrogens (tertiary/aromatic N) is 1. The van der Waals surface area contributed by atoms with Crippen molar-refractivity contribution in [2.75, 3.05) is 0 Å². The molecule has 2 nitrogen and oxygen atoms in total. The maximum Gasteiger partial charge on any atom is 0.214 e. The van der Waals surface area contributed by atoms with Gasteiger partial charge in [0.05, 0.1) is 5.56 Å². The van der Waals surface area contributed by atoms with E-state index < -0.39 is 0 Å². The molecule has 1 aliphatic heterocycles. The molecule has 232 valence electrons. The molecule has 2 unspecified atom stereocenters. The molecule has 3 aromatic carbocycles. The Kier molecular flexibility index (Phi) is 6.17. The molecule has 3 aliphatic rings. The Hall–Kier alpha value is -3.39. The summed E-state index contributed by atoms with van der Waals surface area (Å²) in [4.78, 5) is 0. The van der Waals surface area contributed by atoms with Crippen LogP contribution >= 0.6 is 0 Å². The fourth-order valence-corrected chi connectivity index (χ4v) is 11.0. The summed E-state index contributed by atoms with van der Waals surface area (Å²) in [5.74, 6) is 5.25. The van der Waals surface area contributed by atoms with Crippen molar-refractivity contribution in [2.24, 2.45) is 41.4 Å². The van der Waals surface area contributed by atoms with Crippen molar-refractivity contribution < 1.29 is 8.98 Å². The van der Waals surface area contributed by atoms with Crippen LogP contribution < -0.4 is 4.57 Å². The zero-order valence-electron chi connectivity index (χ0n) is 29.0. The lowest BCUT2D eigenvalue weighted by Gasteiger charge is -2.61. The van der Waals surface area contributed by atoms with E-state index in [9.17, 15) is 0 Å². The third kappa shape index (κ3) is 3.55. The van der Waals surface area contributed by atoms with E-state index in [0.29, 0.717) is 41.4 Å². The number of hydrogen-bond acceptors (Lipinski definition) is 1. The average molecular weight is 597 g/mol. The van der Waals surface area contributed by atoms with Crippen molar-refractivity contribution in [3.05, 3.63) is 89.0 Å². The third-order valence-electron chi connectivity index (χ3n) is 12.0.